The van der Waals surface area contributed by atoms with Crippen LogP contribution in [-0.4, -0.2) is 25.9 Å². The molecule has 1 amide bonds. The van der Waals surface area contributed by atoms with E-state index in [9.17, 15) is 4.79 Å². The Labute approximate surface area is 150 Å². The van der Waals surface area contributed by atoms with E-state index in [1.165, 1.54) is 22.5 Å². The first-order chi connectivity index (χ1) is 11.7. The van der Waals surface area contributed by atoms with E-state index >= 15 is 0 Å². The largest absolute Gasteiger partial charge is 0.296 e. The van der Waals surface area contributed by atoms with Gasteiger partial charge in [-0.3, -0.25) is 10.1 Å². The van der Waals surface area contributed by atoms with Crippen molar-refractivity contribution < 1.29 is 4.79 Å². The molecule has 2 aromatic heterocycles. The van der Waals surface area contributed by atoms with Crippen molar-refractivity contribution in [2.75, 3.05) is 5.32 Å². The maximum absolute atomic E-state index is 12.3. The predicted molar refractivity (Wildman–Crippen MR) is 100.0 cm³/mol. The maximum atomic E-state index is 12.3. The highest BCUT2D eigenvalue weighted by molar-refractivity contribution is 7.14. The van der Waals surface area contributed by atoms with E-state index in [1.54, 1.807) is 10.9 Å². The summed E-state index contributed by atoms with van der Waals surface area (Å²) in [5.41, 5.74) is 4.41. The molecule has 25 heavy (non-hydrogen) atoms. The van der Waals surface area contributed by atoms with Crippen molar-refractivity contribution in [2.45, 2.75) is 40.2 Å². The van der Waals surface area contributed by atoms with Crippen molar-refractivity contribution >= 4 is 22.4 Å². The maximum Gasteiger partial charge on any atom is 0.279 e. The number of carbonyl (C=O) groups is 1. The molecule has 0 unspecified atom stereocenters. The summed E-state index contributed by atoms with van der Waals surface area (Å²) in [5.74, 6) is -0.309. The minimum atomic E-state index is -0.309. The summed E-state index contributed by atoms with van der Waals surface area (Å²) >= 11 is 1.39. The van der Waals surface area contributed by atoms with Crippen molar-refractivity contribution in [2.24, 2.45) is 0 Å². The average Bonchev–Trinajstić information content (AvgIpc) is 3.18. The van der Waals surface area contributed by atoms with Gasteiger partial charge in [0, 0.05) is 10.9 Å². The summed E-state index contributed by atoms with van der Waals surface area (Å²) in [4.78, 5) is 16.8. The molecule has 0 bridgehead atoms. The number of nitrogens with zero attached hydrogens (tertiary/aromatic N) is 4. The number of thiazole rings is 1. The Hall–Kier alpha value is -2.54. The second kappa shape index (κ2) is 6.40. The van der Waals surface area contributed by atoms with Gasteiger partial charge in [-0.05, 0) is 51.8 Å². The van der Waals surface area contributed by atoms with Crippen LogP contribution < -0.4 is 5.32 Å². The number of hydrogen-bond donors (Lipinski definition) is 1. The average molecular weight is 355 g/mol. The summed E-state index contributed by atoms with van der Waals surface area (Å²) in [6.07, 6.45) is 1.65. The van der Waals surface area contributed by atoms with E-state index in [0.29, 0.717) is 5.13 Å². The zero-order valence-electron chi connectivity index (χ0n) is 15.0. The zero-order valence-corrected chi connectivity index (χ0v) is 15.8. The molecule has 3 aromatic rings. The van der Waals surface area contributed by atoms with Crippen LogP contribution in [-0.2, 0) is 5.54 Å². The second-order valence-electron chi connectivity index (χ2n) is 7.01. The molecule has 0 aliphatic carbocycles. The lowest BCUT2D eigenvalue weighted by atomic mass is 10.1. The van der Waals surface area contributed by atoms with Crippen molar-refractivity contribution in [1.82, 2.24) is 20.0 Å². The molecule has 0 saturated carbocycles. The minimum absolute atomic E-state index is 0.219. The highest BCUT2D eigenvalue weighted by Gasteiger charge is 2.19. The van der Waals surface area contributed by atoms with Gasteiger partial charge >= 0.3 is 0 Å². The summed E-state index contributed by atoms with van der Waals surface area (Å²) < 4.78 is 1.67. The molecule has 1 aromatic carbocycles. The SMILES string of the molecule is Cc1ccc(-c2csc(NC(=O)c3cn(C(C)(C)C)nn3)n2)cc1C. The number of anilines is 1. The third-order valence-corrected chi connectivity index (χ3v) is 4.70. The van der Waals surface area contributed by atoms with Crippen LogP contribution in [0.1, 0.15) is 42.4 Å². The van der Waals surface area contributed by atoms with Crippen molar-refractivity contribution in [3.8, 4) is 11.3 Å². The van der Waals surface area contributed by atoms with Gasteiger partial charge < -0.3 is 0 Å². The first kappa shape index (κ1) is 17.3. The number of hydrogen-bond acceptors (Lipinski definition) is 5. The number of carbonyl (C=O) groups excluding carboxylic acids is 1. The molecular formula is C18H21N5OS. The molecule has 0 saturated heterocycles. The van der Waals surface area contributed by atoms with Crippen molar-refractivity contribution in [3.63, 3.8) is 0 Å². The van der Waals surface area contributed by atoms with Gasteiger partial charge in [-0.25, -0.2) is 9.67 Å². The molecule has 0 aliphatic rings. The van der Waals surface area contributed by atoms with Gasteiger partial charge in [0.1, 0.15) is 0 Å². The van der Waals surface area contributed by atoms with Gasteiger partial charge in [-0.2, -0.15) is 0 Å². The number of aromatic nitrogens is 4. The third-order valence-electron chi connectivity index (χ3n) is 3.94. The van der Waals surface area contributed by atoms with Gasteiger partial charge in [0.05, 0.1) is 17.4 Å². The number of rotatable bonds is 3. The van der Waals surface area contributed by atoms with Crippen LogP contribution in [0.5, 0.6) is 0 Å². The zero-order chi connectivity index (χ0) is 18.2. The standard InChI is InChI=1S/C18H21N5OS/c1-11-6-7-13(8-12(11)2)15-10-25-17(19-15)20-16(24)14-9-23(22-21-14)18(3,4)5/h6-10H,1-5H3,(H,19,20,24). The summed E-state index contributed by atoms with van der Waals surface area (Å²) in [6, 6.07) is 6.22. The second-order valence-corrected chi connectivity index (χ2v) is 7.87. The fraction of sp³-hybridized carbons (Fsp3) is 0.333. The van der Waals surface area contributed by atoms with E-state index in [-0.39, 0.29) is 17.1 Å². The first-order valence-electron chi connectivity index (χ1n) is 8.01. The Morgan fingerprint density at radius 1 is 1.20 bits per heavy atom. The van der Waals surface area contributed by atoms with Crippen molar-refractivity contribution in [3.05, 3.63) is 46.6 Å². The van der Waals surface area contributed by atoms with E-state index in [2.05, 4.69) is 46.6 Å². The molecule has 6 nitrogen and oxygen atoms in total. The van der Waals surface area contributed by atoms with Gasteiger partial charge in [0.2, 0.25) is 0 Å². The van der Waals surface area contributed by atoms with Crippen LogP contribution in [0.3, 0.4) is 0 Å². The summed E-state index contributed by atoms with van der Waals surface area (Å²) in [7, 11) is 0. The molecule has 130 valence electrons. The molecule has 0 atom stereocenters. The van der Waals surface area contributed by atoms with E-state index in [1.807, 2.05) is 32.2 Å². The Bertz CT molecular complexity index is 920. The molecule has 3 rings (SSSR count). The fourth-order valence-electron chi connectivity index (χ4n) is 2.22. The molecule has 0 aliphatic heterocycles. The van der Waals surface area contributed by atoms with E-state index < -0.39 is 0 Å². The van der Waals surface area contributed by atoms with Gasteiger partial charge in [-0.1, -0.05) is 17.3 Å². The predicted octanol–water partition coefficient (Wildman–Crippen LogP) is 4.03. The molecular weight excluding hydrogens is 334 g/mol. The molecule has 2 heterocycles. The lowest BCUT2D eigenvalue weighted by Gasteiger charge is -2.17. The Morgan fingerprint density at radius 2 is 1.96 bits per heavy atom. The molecule has 0 fully saturated rings. The fourth-order valence-corrected chi connectivity index (χ4v) is 2.94. The first-order valence-corrected chi connectivity index (χ1v) is 8.89. The quantitative estimate of drug-likeness (QED) is 0.770. The monoisotopic (exact) mass is 355 g/mol. The van der Waals surface area contributed by atoms with Gasteiger partial charge in [-0.15, -0.1) is 16.4 Å². The number of benzene rings is 1. The molecule has 0 radical (unpaired) electrons. The number of nitrogens with one attached hydrogen (secondary N) is 1. The topological polar surface area (TPSA) is 72.7 Å². The Kier molecular flexibility index (Phi) is 4.43. The summed E-state index contributed by atoms with van der Waals surface area (Å²) in [6.45, 7) is 10.2. The highest BCUT2D eigenvalue weighted by Crippen LogP contribution is 2.26. The number of aryl methyl sites for hydroxylation is 2. The van der Waals surface area contributed by atoms with Crippen LogP contribution in [0.15, 0.2) is 29.8 Å². The van der Waals surface area contributed by atoms with E-state index in [0.717, 1.165) is 11.3 Å². The lowest BCUT2D eigenvalue weighted by Crippen LogP contribution is -2.22. The Balaban J connectivity index is 1.75. The van der Waals surface area contributed by atoms with Crippen LogP contribution in [0.2, 0.25) is 0 Å². The van der Waals surface area contributed by atoms with Crippen LogP contribution in [0.4, 0.5) is 5.13 Å². The van der Waals surface area contributed by atoms with E-state index in [4.69, 9.17) is 0 Å². The highest BCUT2D eigenvalue weighted by atomic mass is 32.1. The van der Waals surface area contributed by atoms with Crippen LogP contribution in [0.25, 0.3) is 11.3 Å². The summed E-state index contributed by atoms with van der Waals surface area (Å²) in [5, 5.41) is 13.2. The van der Waals surface area contributed by atoms with Crippen LogP contribution in [0, 0.1) is 13.8 Å². The minimum Gasteiger partial charge on any atom is -0.296 e. The molecule has 0 spiro atoms. The van der Waals surface area contributed by atoms with Crippen molar-refractivity contribution in [1.29, 1.82) is 0 Å². The number of amides is 1. The lowest BCUT2D eigenvalue weighted by molar-refractivity contribution is 0.102. The molecule has 1 N–H and O–H groups in total. The van der Waals surface area contributed by atoms with Gasteiger partial charge in [0.25, 0.3) is 5.91 Å². The Morgan fingerprint density at radius 3 is 2.60 bits per heavy atom. The molecule has 7 heteroatoms. The normalized spacial score (nSPS) is 11.6. The van der Waals surface area contributed by atoms with Crippen LogP contribution >= 0.6 is 11.3 Å². The van der Waals surface area contributed by atoms with Gasteiger partial charge in [0.15, 0.2) is 10.8 Å². The third kappa shape index (κ3) is 3.76. The smallest absolute Gasteiger partial charge is 0.279 e.